The minimum Gasteiger partial charge on any atom is -0.307 e. The number of anilines is 1. The molecule has 0 aromatic heterocycles. The van der Waals surface area contributed by atoms with Crippen LogP contribution in [0.15, 0.2) is 47.6 Å². The van der Waals surface area contributed by atoms with Gasteiger partial charge in [-0.15, -0.1) is 0 Å². The molecule has 2 aromatic carbocycles. The summed E-state index contributed by atoms with van der Waals surface area (Å²) in [7, 11) is 0. The third-order valence-electron chi connectivity index (χ3n) is 2.89. The molecule has 0 spiro atoms. The number of aryl methyl sites for hydroxylation is 1. The van der Waals surface area contributed by atoms with Gasteiger partial charge < -0.3 is 5.41 Å². The van der Waals surface area contributed by atoms with Gasteiger partial charge in [-0.25, -0.2) is 0 Å². The highest BCUT2D eigenvalue weighted by molar-refractivity contribution is 6.14. The van der Waals surface area contributed by atoms with E-state index in [0.29, 0.717) is 5.56 Å². The highest BCUT2D eigenvalue weighted by Gasteiger charge is 2.02. The first-order valence-corrected chi connectivity index (χ1v) is 6.14. The van der Waals surface area contributed by atoms with Crippen LogP contribution in [0.4, 0.5) is 5.69 Å². The van der Waals surface area contributed by atoms with Gasteiger partial charge in [0.05, 0.1) is 23.5 Å². The van der Waals surface area contributed by atoms with E-state index in [2.05, 4.69) is 16.6 Å². The van der Waals surface area contributed by atoms with Crippen molar-refractivity contribution in [2.24, 2.45) is 5.10 Å². The number of benzene rings is 2. The van der Waals surface area contributed by atoms with Crippen molar-refractivity contribution in [1.82, 2.24) is 0 Å². The average molecular weight is 262 g/mol. The molecule has 4 nitrogen and oxygen atoms in total. The molecule has 0 aliphatic heterocycles. The number of rotatable bonds is 4. The molecule has 2 N–H and O–H groups in total. The summed E-state index contributed by atoms with van der Waals surface area (Å²) in [6.07, 6.45) is 2.49. The van der Waals surface area contributed by atoms with Crippen LogP contribution < -0.4 is 5.43 Å². The fourth-order valence-corrected chi connectivity index (χ4v) is 1.88. The summed E-state index contributed by atoms with van der Waals surface area (Å²) < 4.78 is 0. The summed E-state index contributed by atoms with van der Waals surface area (Å²) in [6, 6.07) is 15.6. The van der Waals surface area contributed by atoms with Crippen molar-refractivity contribution in [3.63, 3.8) is 0 Å². The summed E-state index contributed by atoms with van der Waals surface area (Å²) in [4.78, 5) is 0. The first kappa shape index (κ1) is 13.5. The van der Waals surface area contributed by atoms with Gasteiger partial charge in [0.1, 0.15) is 0 Å². The van der Waals surface area contributed by atoms with E-state index >= 15 is 0 Å². The first-order chi connectivity index (χ1) is 9.74. The molecule has 0 saturated carbocycles. The summed E-state index contributed by atoms with van der Waals surface area (Å²) in [6.45, 7) is 1.99. The van der Waals surface area contributed by atoms with Crippen LogP contribution in [0.25, 0.3) is 11.1 Å². The molecule has 0 heterocycles. The van der Waals surface area contributed by atoms with Gasteiger partial charge >= 0.3 is 0 Å². The van der Waals surface area contributed by atoms with Gasteiger partial charge in [0.2, 0.25) is 0 Å². The minimum absolute atomic E-state index is 0.651. The second kappa shape index (κ2) is 6.30. The van der Waals surface area contributed by atoms with Crippen molar-refractivity contribution >= 4 is 18.1 Å². The van der Waals surface area contributed by atoms with Crippen LogP contribution in [0.2, 0.25) is 0 Å². The minimum atomic E-state index is 0.651. The molecular weight excluding hydrogens is 248 g/mol. The van der Waals surface area contributed by atoms with E-state index in [4.69, 9.17) is 10.7 Å². The van der Waals surface area contributed by atoms with Crippen molar-refractivity contribution < 1.29 is 0 Å². The smallest absolute Gasteiger partial charge is 0.0991 e. The molecule has 98 valence electrons. The fourth-order valence-electron chi connectivity index (χ4n) is 1.88. The zero-order valence-corrected chi connectivity index (χ0v) is 11.1. The van der Waals surface area contributed by atoms with Gasteiger partial charge in [0.15, 0.2) is 0 Å². The largest absolute Gasteiger partial charge is 0.307 e. The Balaban J connectivity index is 2.30. The summed E-state index contributed by atoms with van der Waals surface area (Å²) in [5.41, 5.74) is 7.54. The molecule has 0 radical (unpaired) electrons. The summed E-state index contributed by atoms with van der Waals surface area (Å²) in [5.74, 6) is 0. The van der Waals surface area contributed by atoms with Crippen LogP contribution in [0, 0.1) is 23.7 Å². The molecule has 0 bridgehead atoms. The van der Waals surface area contributed by atoms with Crippen LogP contribution in [0.5, 0.6) is 0 Å². The number of nitriles is 1. The fraction of sp³-hybridized carbons (Fsp3) is 0.0625. The Morgan fingerprint density at radius 3 is 2.70 bits per heavy atom. The van der Waals surface area contributed by atoms with E-state index in [-0.39, 0.29) is 0 Å². The SMILES string of the molecule is Cc1cc(-c2cccc(C#N)c2)ccc1N/N=C\C=N. The predicted octanol–water partition coefficient (Wildman–Crippen LogP) is 3.58. The van der Waals surface area contributed by atoms with Gasteiger partial charge in [-0.2, -0.15) is 10.4 Å². The van der Waals surface area contributed by atoms with E-state index in [1.165, 1.54) is 6.21 Å². The van der Waals surface area contributed by atoms with Crippen molar-refractivity contribution in [2.45, 2.75) is 6.92 Å². The Morgan fingerprint density at radius 1 is 1.20 bits per heavy atom. The van der Waals surface area contributed by atoms with E-state index in [9.17, 15) is 0 Å². The van der Waals surface area contributed by atoms with Gasteiger partial charge in [-0.3, -0.25) is 5.43 Å². The maximum Gasteiger partial charge on any atom is 0.0991 e. The summed E-state index contributed by atoms with van der Waals surface area (Å²) >= 11 is 0. The molecule has 0 aliphatic carbocycles. The molecule has 0 amide bonds. The van der Waals surface area contributed by atoms with Crippen LogP contribution in [0.3, 0.4) is 0 Å². The molecule has 2 aromatic rings. The Bertz CT molecular complexity index is 696. The molecule has 0 atom stereocenters. The van der Waals surface area contributed by atoms with Gasteiger partial charge in [0, 0.05) is 6.21 Å². The quantitative estimate of drug-likeness (QED) is 0.653. The maximum atomic E-state index is 8.93. The van der Waals surface area contributed by atoms with Gasteiger partial charge in [-0.05, 0) is 47.9 Å². The van der Waals surface area contributed by atoms with Gasteiger partial charge in [0.25, 0.3) is 0 Å². The number of hydrazone groups is 1. The zero-order chi connectivity index (χ0) is 14.4. The summed E-state index contributed by atoms with van der Waals surface area (Å²) in [5, 5.41) is 19.7. The van der Waals surface area contributed by atoms with E-state index < -0.39 is 0 Å². The van der Waals surface area contributed by atoms with Crippen LogP contribution >= 0.6 is 0 Å². The molecule has 0 unspecified atom stereocenters. The lowest BCUT2D eigenvalue weighted by Crippen LogP contribution is -1.93. The topological polar surface area (TPSA) is 72.0 Å². The molecule has 2 rings (SSSR count). The molecular formula is C16H14N4. The van der Waals surface area contributed by atoms with Crippen molar-refractivity contribution in [3.8, 4) is 17.2 Å². The molecule has 0 fully saturated rings. The van der Waals surface area contributed by atoms with Crippen LogP contribution in [-0.4, -0.2) is 12.4 Å². The Hall–Kier alpha value is -2.93. The number of hydrogen-bond acceptors (Lipinski definition) is 4. The van der Waals surface area contributed by atoms with Crippen molar-refractivity contribution in [3.05, 3.63) is 53.6 Å². The zero-order valence-electron chi connectivity index (χ0n) is 11.1. The number of nitrogens with zero attached hydrogens (tertiary/aromatic N) is 2. The van der Waals surface area contributed by atoms with Crippen LogP contribution in [0.1, 0.15) is 11.1 Å². The van der Waals surface area contributed by atoms with Gasteiger partial charge in [-0.1, -0.05) is 18.2 Å². The number of nitrogens with one attached hydrogen (secondary N) is 2. The normalized spacial score (nSPS) is 10.2. The molecule has 20 heavy (non-hydrogen) atoms. The molecule has 4 heteroatoms. The monoisotopic (exact) mass is 262 g/mol. The van der Waals surface area contributed by atoms with Crippen LogP contribution in [-0.2, 0) is 0 Å². The molecule has 0 aliphatic rings. The maximum absolute atomic E-state index is 8.93. The van der Waals surface area contributed by atoms with E-state index in [0.717, 1.165) is 28.6 Å². The lowest BCUT2D eigenvalue weighted by Gasteiger charge is -2.08. The predicted molar refractivity (Wildman–Crippen MR) is 82.2 cm³/mol. The number of hydrogen-bond donors (Lipinski definition) is 2. The average Bonchev–Trinajstić information content (AvgIpc) is 2.49. The van der Waals surface area contributed by atoms with E-state index in [1.54, 1.807) is 6.07 Å². The first-order valence-electron chi connectivity index (χ1n) is 6.14. The highest BCUT2D eigenvalue weighted by atomic mass is 15.3. The third-order valence-corrected chi connectivity index (χ3v) is 2.89. The second-order valence-electron chi connectivity index (χ2n) is 4.28. The Kier molecular flexibility index (Phi) is 4.25. The third kappa shape index (κ3) is 3.09. The lowest BCUT2D eigenvalue weighted by molar-refractivity contribution is 1.31. The Morgan fingerprint density at radius 2 is 2.00 bits per heavy atom. The van der Waals surface area contributed by atoms with Crippen molar-refractivity contribution in [2.75, 3.05) is 5.43 Å². The highest BCUT2D eigenvalue weighted by Crippen LogP contribution is 2.25. The standard InChI is InChI=1S/C16H14N4/c1-12-9-15(5-6-16(12)20-19-8-7-17)14-4-2-3-13(10-14)11-18/h2-10,17,20H,1H3/b17-7?,19-8-. The second-order valence-corrected chi connectivity index (χ2v) is 4.28. The molecule has 0 saturated heterocycles. The Labute approximate surface area is 117 Å². The van der Waals surface area contributed by atoms with Crippen molar-refractivity contribution in [1.29, 1.82) is 10.7 Å². The lowest BCUT2D eigenvalue weighted by atomic mass is 10.0. The van der Waals surface area contributed by atoms with E-state index in [1.807, 2.05) is 43.3 Å².